The monoisotopic (exact) mass is 349 g/mol. The minimum absolute atomic E-state index is 0.0403. The molecule has 1 amide bonds. The number of anilines is 1. The molecular weight excluding hydrogens is 334 g/mol. The van der Waals surface area contributed by atoms with Gasteiger partial charge in [0, 0.05) is 11.1 Å². The number of carbonyl (C=O) groups excluding carboxylic acids is 1. The van der Waals surface area contributed by atoms with Crippen molar-refractivity contribution in [2.75, 3.05) is 18.1 Å². The van der Waals surface area contributed by atoms with Gasteiger partial charge in [0.1, 0.15) is 17.6 Å². The van der Waals surface area contributed by atoms with Gasteiger partial charge < -0.3 is 18.8 Å². The highest BCUT2D eigenvalue weighted by Crippen LogP contribution is 2.35. The Bertz CT molecular complexity index is 832. The summed E-state index contributed by atoms with van der Waals surface area (Å²) in [7, 11) is 0. The minimum atomic E-state index is -0.328. The highest BCUT2D eigenvalue weighted by Gasteiger charge is 2.28. The van der Waals surface area contributed by atoms with E-state index in [2.05, 4.69) is 0 Å². The van der Waals surface area contributed by atoms with Crippen LogP contribution in [0.4, 0.5) is 5.69 Å². The molecule has 0 radical (unpaired) electrons. The van der Waals surface area contributed by atoms with E-state index in [1.807, 2.05) is 6.92 Å². The van der Waals surface area contributed by atoms with Crippen molar-refractivity contribution < 1.29 is 18.7 Å². The second-order valence-corrected chi connectivity index (χ2v) is 5.94. The first kappa shape index (κ1) is 16.4. The molecule has 0 fully saturated rings. The lowest BCUT2D eigenvalue weighted by Gasteiger charge is -2.33. The molecule has 6 nitrogen and oxygen atoms in total. The smallest absolute Gasteiger partial charge is 0.265 e. The third-order valence-electron chi connectivity index (χ3n) is 3.63. The first-order valence-electron chi connectivity index (χ1n) is 7.43. The SMILES string of the molecule is Cc1occc(=O)c1OCC(=O)N1CC(C)Oc2ccc(Cl)cc21. The van der Waals surface area contributed by atoms with Crippen LogP contribution in [0.2, 0.25) is 5.02 Å². The summed E-state index contributed by atoms with van der Waals surface area (Å²) in [5.41, 5.74) is 0.261. The fourth-order valence-corrected chi connectivity index (χ4v) is 2.70. The van der Waals surface area contributed by atoms with Crippen LogP contribution in [0.25, 0.3) is 0 Å². The summed E-state index contributed by atoms with van der Waals surface area (Å²) in [4.78, 5) is 25.9. The Hall–Kier alpha value is -2.47. The summed E-state index contributed by atoms with van der Waals surface area (Å²) >= 11 is 6.02. The lowest BCUT2D eigenvalue weighted by atomic mass is 10.2. The lowest BCUT2D eigenvalue weighted by Crippen LogP contribution is -2.44. The number of halogens is 1. The predicted molar refractivity (Wildman–Crippen MR) is 89.1 cm³/mol. The van der Waals surface area contributed by atoms with E-state index in [4.69, 9.17) is 25.5 Å². The molecule has 2 heterocycles. The molecule has 0 saturated carbocycles. The maximum atomic E-state index is 12.6. The van der Waals surface area contributed by atoms with E-state index in [1.165, 1.54) is 12.3 Å². The van der Waals surface area contributed by atoms with Crippen LogP contribution in [0.1, 0.15) is 12.7 Å². The molecule has 1 aromatic carbocycles. The van der Waals surface area contributed by atoms with Crippen molar-refractivity contribution in [2.45, 2.75) is 20.0 Å². The number of hydrogen-bond acceptors (Lipinski definition) is 5. The highest BCUT2D eigenvalue weighted by molar-refractivity contribution is 6.31. The van der Waals surface area contributed by atoms with Gasteiger partial charge in [0.2, 0.25) is 11.2 Å². The van der Waals surface area contributed by atoms with Gasteiger partial charge in [-0.1, -0.05) is 11.6 Å². The van der Waals surface area contributed by atoms with Crippen LogP contribution in [0, 0.1) is 6.92 Å². The van der Waals surface area contributed by atoms with Crippen molar-refractivity contribution in [1.82, 2.24) is 0 Å². The molecule has 126 valence electrons. The molecule has 7 heteroatoms. The Morgan fingerprint density at radius 1 is 1.42 bits per heavy atom. The van der Waals surface area contributed by atoms with Gasteiger partial charge in [0.15, 0.2) is 6.61 Å². The van der Waals surface area contributed by atoms with Crippen LogP contribution in [0.5, 0.6) is 11.5 Å². The largest absolute Gasteiger partial charge is 0.487 e. The summed E-state index contributed by atoms with van der Waals surface area (Å²) in [5, 5.41) is 0.505. The number of aryl methyl sites for hydroxylation is 1. The first-order chi connectivity index (χ1) is 11.5. The molecule has 2 aromatic rings. The second-order valence-electron chi connectivity index (χ2n) is 5.50. The zero-order chi connectivity index (χ0) is 17.3. The van der Waals surface area contributed by atoms with Gasteiger partial charge in [-0.15, -0.1) is 0 Å². The van der Waals surface area contributed by atoms with Crippen molar-refractivity contribution in [3.63, 3.8) is 0 Å². The zero-order valence-corrected chi connectivity index (χ0v) is 14.0. The van der Waals surface area contributed by atoms with Crippen LogP contribution in [0.15, 0.2) is 39.7 Å². The molecule has 1 unspecified atom stereocenters. The number of rotatable bonds is 3. The average molecular weight is 350 g/mol. The van der Waals surface area contributed by atoms with Crippen molar-refractivity contribution in [3.8, 4) is 11.5 Å². The third-order valence-corrected chi connectivity index (χ3v) is 3.86. The number of ether oxygens (including phenoxy) is 2. The quantitative estimate of drug-likeness (QED) is 0.852. The molecule has 0 spiro atoms. The number of carbonyl (C=O) groups is 1. The van der Waals surface area contributed by atoms with Gasteiger partial charge in [0.25, 0.3) is 5.91 Å². The van der Waals surface area contributed by atoms with Crippen LogP contribution in [-0.2, 0) is 4.79 Å². The molecular formula is C17H16ClNO5. The van der Waals surface area contributed by atoms with Crippen LogP contribution in [0.3, 0.4) is 0 Å². The zero-order valence-electron chi connectivity index (χ0n) is 13.2. The Labute approximate surface area is 143 Å². The number of hydrogen-bond donors (Lipinski definition) is 0. The molecule has 0 N–H and O–H groups in total. The van der Waals surface area contributed by atoms with E-state index >= 15 is 0 Å². The number of fused-ring (bicyclic) bond motifs is 1. The predicted octanol–water partition coefficient (Wildman–Crippen LogP) is 2.79. The van der Waals surface area contributed by atoms with Gasteiger partial charge in [-0.3, -0.25) is 9.59 Å². The number of amides is 1. The van der Waals surface area contributed by atoms with E-state index in [0.717, 1.165) is 0 Å². The van der Waals surface area contributed by atoms with Crippen molar-refractivity contribution >= 4 is 23.2 Å². The normalized spacial score (nSPS) is 16.3. The minimum Gasteiger partial charge on any atom is -0.487 e. The molecule has 24 heavy (non-hydrogen) atoms. The van der Waals surface area contributed by atoms with Crippen LogP contribution < -0.4 is 19.8 Å². The van der Waals surface area contributed by atoms with Gasteiger partial charge in [0.05, 0.1) is 18.5 Å². The fraction of sp³-hybridized carbons (Fsp3) is 0.294. The number of benzene rings is 1. The van der Waals surface area contributed by atoms with E-state index < -0.39 is 0 Å². The molecule has 1 aliphatic rings. The third kappa shape index (κ3) is 3.23. The Balaban J connectivity index is 1.81. The lowest BCUT2D eigenvalue weighted by molar-refractivity contribution is -0.121. The Morgan fingerprint density at radius 2 is 2.21 bits per heavy atom. The summed E-state index contributed by atoms with van der Waals surface area (Å²) in [6.45, 7) is 3.56. The molecule has 1 aromatic heterocycles. The summed E-state index contributed by atoms with van der Waals surface area (Å²) < 4.78 is 16.2. The van der Waals surface area contributed by atoms with Gasteiger partial charge in [-0.05, 0) is 32.0 Å². The summed E-state index contributed by atoms with van der Waals surface area (Å²) in [5.74, 6) is 0.658. The van der Waals surface area contributed by atoms with Crippen molar-refractivity contribution in [1.29, 1.82) is 0 Å². The second kappa shape index (κ2) is 6.57. The van der Waals surface area contributed by atoms with Crippen molar-refractivity contribution in [2.24, 2.45) is 0 Å². The molecule has 0 saturated heterocycles. The average Bonchev–Trinajstić information content (AvgIpc) is 2.54. The van der Waals surface area contributed by atoms with Gasteiger partial charge in [-0.25, -0.2) is 0 Å². The topological polar surface area (TPSA) is 69.0 Å². The molecule has 1 atom stereocenters. The Morgan fingerprint density at radius 3 is 2.96 bits per heavy atom. The van der Waals surface area contributed by atoms with Gasteiger partial charge >= 0.3 is 0 Å². The fourth-order valence-electron chi connectivity index (χ4n) is 2.53. The van der Waals surface area contributed by atoms with E-state index in [-0.39, 0.29) is 29.8 Å². The molecule has 0 bridgehead atoms. The van der Waals surface area contributed by atoms with E-state index in [0.29, 0.717) is 28.8 Å². The van der Waals surface area contributed by atoms with Crippen LogP contribution in [-0.4, -0.2) is 25.2 Å². The highest BCUT2D eigenvalue weighted by atomic mass is 35.5. The molecule has 0 aliphatic carbocycles. The summed E-state index contributed by atoms with van der Waals surface area (Å²) in [6.07, 6.45) is 1.12. The molecule has 1 aliphatic heterocycles. The van der Waals surface area contributed by atoms with Gasteiger partial charge in [-0.2, -0.15) is 0 Å². The van der Waals surface area contributed by atoms with Crippen molar-refractivity contribution in [3.05, 3.63) is 51.5 Å². The van der Waals surface area contributed by atoms with E-state index in [9.17, 15) is 9.59 Å². The Kier molecular flexibility index (Phi) is 4.49. The summed E-state index contributed by atoms with van der Waals surface area (Å²) in [6, 6.07) is 6.35. The standard InChI is InChI=1S/C17H16ClNO5/c1-10-8-19(13-7-12(18)3-4-15(13)24-10)16(21)9-23-17-11(2)22-6-5-14(17)20/h3-7,10H,8-9H2,1-2H3. The van der Waals surface area contributed by atoms with E-state index in [1.54, 1.807) is 30.0 Å². The maximum Gasteiger partial charge on any atom is 0.265 e. The maximum absolute atomic E-state index is 12.6. The molecule has 3 rings (SSSR count). The first-order valence-corrected chi connectivity index (χ1v) is 7.81. The number of nitrogens with zero attached hydrogens (tertiary/aromatic N) is 1. The van der Waals surface area contributed by atoms with Crippen LogP contribution >= 0.6 is 11.6 Å².